The van der Waals surface area contributed by atoms with Crippen LogP contribution in [0.3, 0.4) is 0 Å². The standard InChI is InChI=1S/C36H41ClN10O3S/c1-22-4-3-5-28(37)33(22)44-35(50)29-20-39-36(51-29)42-30-17-31(41-23(2)40-30)47-14-12-45(13-15-47)21-24-8-10-46(11-9-24)26-16-25(18-38-19-26)27-6-7-32(48)43-34(27)49/h3-5,16-20,24,27H,6-15,21H2,1-2H3,(H,44,50)(H,43,48,49)(H,39,40,41,42)/t27-/m1/s1. The van der Waals surface area contributed by atoms with Gasteiger partial charge in [0, 0.05) is 64.5 Å². The van der Waals surface area contributed by atoms with E-state index in [-0.39, 0.29) is 23.6 Å². The lowest BCUT2D eigenvalue weighted by molar-refractivity contribution is -0.134. The van der Waals surface area contributed by atoms with Crippen LogP contribution in [0.5, 0.6) is 0 Å². The van der Waals surface area contributed by atoms with Crippen molar-refractivity contribution >= 4 is 68.8 Å². The number of benzene rings is 1. The van der Waals surface area contributed by atoms with E-state index in [1.54, 1.807) is 18.5 Å². The number of amides is 3. The lowest BCUT2D eigenvalue weighted by Crippen LogP contribution is -2.49. The number of halogens is 1. The number of imide groups is 1. The van der Waals surface area contributed by atoms with Gasteiger partial charge in [-0.15, -0.1) is 0 Å². The summed E-state index contributed by atoms with van der Waals surface area (Å²) in [5.41, 5.74) is 3.40. The number of carbonyl (C=O) groups excluding carboxylic acids is 3. The zero-order valence-corrected chi connectivity index (χ0v) is 30.3. The smallest absolute Gasteiger partial charge is 0.267 e. The fraction of sp³-hybridized carbons (Fsp3) is 0.417. The van der Waals surface area contributed by atoms with Crippen LogP contribution in [0.1, 0.15) is 58.2 Å². The molecule has 0 bridgehead atoms. The molecule has 4 aromatic rings. The van der Waals surface area contributed by atoms with Crippen LogP contribution >= 0.6 is 22.9 Å². The van der Waals surface area contributed by atoms with E-state index in [9.17, 15) is 14.4 Å². The number of hydrogen-bond donors (Lipinski definition) is 3. The molecular weight excluding hydrogens is 688 g/mol. The van der Waals surface area contributed by atoms with E-state index in [0.717, 1.165) is 81.3 Å². The molecule has 13 nitrogen and oxygen atoms in total. The molecule has 3 N–H and O–H groups in total. The van der Waals surface area contributed by atoms with E-state index in [1.165, 1.54) is 11.3 Å². The van der Waals surface area contributed by atoms with Gasteiger partial charge in [-0.25, -0.2) is 15.0 Å². The zero-order valence-electron chi connectivity index (χ0n) is 28.7. The molecule has 1 atom stereocenters. The number of pyridine rings is 1. The number of hydrogen-bond acceptors (Lipinski definition) is 12. The number of aromatic nitrogens is 4. The second kappa shape index (κ2) is 15.3. The third kappa shape index (κ3) is 8.29. The third-order valence-corrected chi connectivity index (χ3v) is 11.1. The summed E-state index contributed by atoms with van der Waals surface area (Å²) in [6.45, 7) is 10.4. The highest BCUT2D eigenvalue weighted by Crippen LogP contribution is 2.31. The summed E-state index contributed by atoms with van der Waals surface area (Å²) < 4.78 is 0. The number of nitrogens with one attached hydrogen (secondary N) is 3. The number of nitrogens with zero attached hydrogens (tertiary/aromatic N) is 7. The lowest BCUT2D eigenvalue weighted by atomic mass is 9.91. The van der Waals surface area contributed by atoms with Gasteiger partial charge < -0.3 is 20.4 Å². The Labute approximate surface area is 305 Å². The van der Waals surface area contributed by atoms with Crippen LogP contribution in [0.15, 0.2) is 48.9 Å². The van der Waals surface area contributed by atoms with Gasteiger partial charge in [0.25, 0.3) is 5.91 Å². The molecular formula is C36H41ClN10O3S. The normalized spacial score (nSPS) is 18.8. The summed E-state index contributed by atoms with van der Waals surface area (Å²) >= 11 is 7.54. The van der Waals surface area contributed by atoms with Crippen molar-refractivity contribution in [1.82, 2.24) is 30.2 Å². The van der Waals surface area contributed by atoms with E-state index >= 15 is 0 Å². The van der Waals surface area contributed by atoms with Gasteiger partial charge in [0.15, 0.2) is 5.13 Å². The molecule has 3 aliphatic heterocycles. The van der Waals surface area contributed by atoms with Crippen molar-refractivity contribution < 1.29 is 14.4 Å². The summed E-state index contributed by atoms with van der Waals surface area (Å²) in [4.78, 5) is 62.7. The van der Waals surface area contributed by atoms with Crippen molar-refractivity contribution in [3.63, 3.8) is 0 Å². The fourth-order valence-corrected chi connectivity index (χ4v) is 8.00. The van der Waals surface area contributed by atoms with Gasteiger partial charge >= 0.3 is 0 Å². The average molecular weight is 729 g/mol. The summed E-state index contributed by atoms with van der Waals surface area (Å²) in [7, 11) is 0. The quantitative estimate of drug-likeness (QED) is 0.197. The highest BCUT2D eigenvalue weighted by Gasteiger charge is 2.30. The molecule has 0 radical (unpaired) electrons. The Hall–Kier alpha value is -4.66. The molecule has 1 aromatic carbocycles. The molecule has 6 heterocycles. The predicted octanol–water partition coefficient (Wildman–Crippen LogP) is 5.15. The molecule has 3 fully saturated rings. The summed E-state index contributed by atoms with van der Waals surface area (Å²) in [5, 5.41) is 9.67. The predicted molar refractivity (Wildman–Crippen MR) is 199 cm³/mol. The van der Waals surface area contributed by atoms with E-state index in [2.05, 4.69) is 51.7 Å². The number of para-hydroxylation sites is 1. The van der Waals surface area contributed by atoms with Gasteiger partial charge in [0.05, 0.1) is 34.7 Å². The van der Waals surface area contributed by atoms with Crippen molar-refractivity contribution in [2.24, 2.45) is 5.92 Å². The highest BCUT2D eigenvalue weighted by atomic mass is 35.5. The molecule has 3 aromatic heterocycles. The van der Waals surface area contributed by atoms with Crippen LogP contribution in [0.2, 0.25) is 5.02 Å². The molecule has 0 saturated carbocycles. The van der Waals surface area contributed by atoms with E-state index in [1.807, 2.05) is 38.2 Å². The number of rotatable bonds is 9. The minimum absolute atomic E-state index is 0.202. The van der Waals surface area contributed by atoms with Gasteiger partial charge in [0.2, 0.25) is 11.8 Å². The molecule has 3 aliphatic rings. The first-order chi connectivity index (χ1) is 24.7. The second-order valence-corrected chi connectivity index (χ2v) is 14.8. The van der Waals surface area contributed by atoms with Gasteiger partial charge in [-0.2, -0.15) is 0 Å². The molecule has 0 aliphatic carbocycles. The minimum Gasteiger partial charge on any atom is -0.370 e. The summed E-state index contributed by atoms with van der Waals surface area (Å²) in [5.74, 6) is 1.76. The molecule has 0 spiro atoms. The van der Waals surface area contributed by atoms with Gasteiger partial charge in [-0.05, 0) is 62.3 Å². The van der Waals surface area contributed by atoms with Crippen molar-refractivity contribution in [2.75, 3.05) is 66.2 Å². The summed E-state index contributed by atoms with van der Waals surface area (Å²) in [6, 6.07) is 9.50. The number of carbonyl (C=O) groups is 3. The molecule has 7 rings (SSSR count). The van der Waals surface area contributed by atoms with Gasteiger partial charge in [0.1, 0.15) is 22.3 Å². The lowest BCUT2D eigenvalue weighted by Gasteiger charge is -2.39. The van der Waals surface area contributed by atoms with Crippen molar-refractivity contribution in [2.45, 2.75) is 45.4 Å². The van der Waals surface area contributed by atoms with E-state index < -0.39 is 0 Å². The minimum atomic E-state index is -0.322. The maximum atomic E-state index is 12.9. The van der Waals surface area contributed by atoms with Gasteiger partial charge in [-0.3, -0.25) is 29.6 Å². The Morgan fingerprint density at radius 1 is 0.980 bits per heavy atom. The molecule has 0 unspecified atom stereocenters. The Morgan fingerprint density at radius 3 is 2.55 bits per heavy atom. The fourth-order valence-electron chi connectivity index (χ4n) is 7.01. The van der Waals surface area contributed by atoms with Crippen molar-refractivity contribution in [1.29, 1.82) is 0 Å². The van der Waals surface area contributed by atoms with Crippen LogP contribution in [-0.4, -0.2) is 88.4 Å². The van der Waals surface area contributed by atoms with E-state index in [4.69, 9.17) is 16.6 Å². The first-order valence-corrected chi connectivity index (χ1v) is 18.5. The Morgan fingerprint density at radius 2 is 1.78 bits per heavy atom. The molecule has 266 valence electrons. The number of piperazine rings is 1. The van der Waals surface area contributed by atoms with Crippen LogP contribution < -0.4 is 25.8 Å². The van der Waals surface area contributed by atoms with Crippen LogP contribution in [0.4, 0.5) is 28.1 Å². The van der Waals surface area contributed by atoms with Crippen molar-refractivity contribution in [3.8, 4) is 0 Å². The Balaban J connectivity index is 0.888. The first kappa shape index (κ1) is 34.8. The van der Waals surface area contributed by atoms with Crippen molar-refractivity contribution in [3.05, 3.63) is 75.8 Å². The largest absolute Gasteiger partial charge is 0.370 e. The number of thiazole rings is 1. The average Bonchev–Trinajstić information content (AvgIpc) is 3.59. The maximum Gasteiger partial charge on any atom is 0.267 e. The number of piperidine rings is 2. The highest BCUT2D eigenvalue weighted by molar-refractivity contribution is 7.17. The van der Waals surface area contributed by atoms with Crippen LogP contribution in [-0.2, 0) is 9.59 Å². The molecule has 15 heteroatoms. The first-order valence-electron chi connectivity index (χ1n) is 17.3. The third-order valence-electron chi connectivity index (χ3n) is 9.83. The van der Waals surface area contributed by atoms with Crippen LogP contribution in [0, 0.1) is 19.8 Å². The number of anilines is 5. The monoisotopic (exact) mass is 728 g/mol. The second-order valence-electron chi connectivity index (χ2n) is 13.4. The Bertz CT molecular complexity index is 1900. The van der Waals surface area contributed by atoms with Crippen LogP contribution in [0.25, 0.3) is 0 Å². The number of aryl methyl sites for hydroxylation is 2. The summed E-state index contributed by atoms with van der Waals surface area (Å²) in [6.07, 6.45) is 8.26. The van der Waals surface area contributed by atoms with E-state index in [0.29, 0.717) is 51.1 Å². The van der Waals surface area contributed by atoms with Gasteiger partial charge in [-0.1, -0.05) is 35.1 Å². The zero-order chi connectivity index (χ0) is 35.5. The SMILES string of the molecule is Cc1nc(Nc2ncc(C(=O)Nc3c(C)cccc3Cl)s2)cc(N2CCN(CC3CCN(c4cncc([C@H]5CCC(=O)NC5=O)c4)CC3)CC2)n1. The maximum absolute atomic E-state index is 12.9. The molecule has 3 amide bonds. The Kier molecular flexibility index (Phi) is 10.4. The molecule has 51 heavy (non-hydrogen) atoms. The molecule has 3 saturated heterocycles. The topological polar surface area (TPSA) is 149 Å².